The molecule has 3 rings (SSSR count). The molecule has 0 saturated heterocycles. The minimum atomic E-state index is -0.372. The fraction of sp³-hybridized carbons (Fsp3) is 0.467. The number of nitrogens with zero attached hydrogens (tertiary/aromatic N) is 2. The zero-order chi connectivity index (χ0) is 14.1. The Morgan fingerprint density at radius 1 is 1.45 bits per heavy atom. The van der Waals surface area contributed by atoms with Crippen LogP contribution in [0, 0.1) is 12.8 Å². The third-order valence-electron chi connectivity index (χ3n) is 3.62. The van der Waals surface area contributed by atoms with Crippen molar-refractivity contribution in [2.45, 2.75) is 32.3 Å². The lowest BCUT2D eigenvalue weighted by Gasteiger charge is -2.05. The predicted octanol–water partition coefficient (Wildman–Crippen LogP) is 2.37. The number of benzene rings is 1. The quantitative estimate of drug-likeness (QED) is 0.906. The van der Waals surface area contributed by atoms with Crippen LogP contribution in [0.4, 0.5) is 0 Å². The second-order valence-electron chi connectivity index (χ2n) is 5.32. The first-order valence-corrected chi connectivity index (χ1v) is 6.83. The number of aliphatic hydroxyl groups is 1. The molecule has 1 heterocycles. The smallest absolute Gasteiger partial charge is 0.229 e. The summed E-state index contributed by atoms with van der Waals surface area (Å²) in [7, 11) is 1.62. The van der Waals surface area contributed by atoms with Crippen LogP contribution in [0.25, 0.3) is 11.4 Å². The van der Waals surface area contributed by atoms with E-state index in [1.165, 1.54) is 0 Å². The molecular weight excluding hydrogens is 256 g/mol. The van der Waals surface area contributed by atoms with Gasteiger partial charge in [0.2, 0.25) is 11.7 Å². The molecule has 0 radical (unpaired) electrons. The summed E-state index contributed by atoms with van der Waals surface area (Å²) in [6.07, 6.45) is 2.23. The first kappa shape index (κ1) is 13.1. The lowest BCUT2D eigenvalue weighted by molar-refractivity contribution is 0.140. The number of hydrogen-bond donors (Lipinski definition) is 1. The summed E-state index contributed by atoms with van der Waals surface area (Å²) in [5, 5.41) is 13.9. The molecule has 0 aliphatic heterocycles. The van der Waals surface area contributed by atoms with Crippen LogP contribution in [0.1, 0.15) is 24.3 Å². The van der Waals surface area contributed by atoms with Gasteiger partial charge in [0.15, 0.2) is 0 Å². The summed E-state index contributed by atoms with van der Waals surface area (Å²) in [5.41, 5.74) is 1.91. The van der Waals surface area contributed by atoms with E-state index in [9.17, 15) is 5.11 Å². The molecule has 106 valence electrons. The summed E-state index contributed by atoms with van der Waals surface area (Å²) in [5.74, 6) is 2.10. The number of ether oxygens (including phenoxy) is 1. The molecule has 1 saturated carbocycles. The van der Waals surface area contributed by atoms with Gasteiger partial charge in [-0.1, -0.05) is 11.2 Å². The minimum Gasteiger partial charge on any atom is -0.496 e. The molecular formula is C15H18N2O3. The Balaban J connectivity index is 1.82. The molecule has 1 aliphatic carbocycles. The first-order valence-electron chi connectivity index (χ1n) is 6.83. The standard InChI is InChI=1S/C15H18N2O3/c1-9-3-6-11(13(7-9)19-2)15-16-14(20-17-15)8-12(18)10-4-5-10/h3,6-7,10,12,18H,4-5,8H2,1-2H3. The highest BCUT2D eigenvalue weighted by molar-refractivity contribution is 5.64. The summed E-state index contributed by atoms with van der Waals surface area (Å²) < 4.78 is 10.6. The highest BCUT2D eigenvalue weighted by Crippen LogP contribution is 2.34. The third kappa shape index (κ3) is 2.67. The molecule has 0 bridgehead atoms. The Hall–Kier alpha value is -1.88. The fourth-order valence-corrected chi connectivity index (χ4v) is 2.26. The van der Waals surface area contributed by atoms with E-state index in [4.69, 9.17) is 9.26 Å². The van der Waals surface area contributed by atoms with E-state index >= 15 is 0 Å². The van der Waals surface area contributed by atoms with Crippen LogP contribution >= 0.6 is 0 Å². The normalized spacial score (nSPS) is 16.1. The largest absolute Gasteiger partial charge is 0.496 e. The number of aromatic nitrogens is 2. The maximum absolute atomic E-state index is 9.91. The average Bonchev–Trinajstić information content (AvgIpc) is 3.20. The molecule has 0 amide bonds. The molecule has 1 aliphatic rings. The molecule has 20 heavy (non-hydrogen) atoms. The topological polar surface area (TPSA) is 68.4 Å². The lowest BCUT2D eigenvalue weighted by atomic mass is 10.1. The average molecular weight is 274 g/mol. The van der Waals surface area contributed by atoms with Crippen LogP contribution in [0.15, 0.2) is 22.7 Å². The van der Waals surface area contributed by atoms with Crippen LogP contribution in [-0.4, -0.2) is 28.5 Å². The molecule has 1 aromatic heterocycles. The molecule has 2 aromatic rings. The van der Waals surface area contributed by atoms with E-state index in [1.54, 1.807) is 7.11 Å². The zero-order valence-electron chi connectivity index (χ0n) is 11.7. The SMILES string of the molecule is COc1cc(C)ccc1-c1noc(CC(O)C2CC2)n1. The van der Waals surface area contributed by atoms with Crippen molar-refractivity contribution >= 4 is 0 Å². The highest BCUT2D eigenvalue weighted by atomic mass is 16.5. The number of aliphatic hydroxyl groups excluding tert-OH is 1. The molecule has 1 fully saturated rings. The van der Waals surface area contributed by atoms with Gasteiger partial charge in [0.05, 0.1) is 25.2 Å². The zero-order valence-corrected chi connectivity index (χ0v) is 11.7. The summed E-state index contributed by atoms with van der Waals surface area (Å²) in [4.78, 5) is 4.35. The van der Waals surface area contributed by atoms with Gasteiger partial charge < -0.3 is 14.4 Å². The second-order valence-corrected chi connectivity index (χ2v) is 5.32. The maximum atomic E-state index is 9.91. The van der Waals surface area contributed by atoms with Crippen LogP contribution in [0.3, 0.4) is 0 Å². The van der Waals surface area contributed by atoms with Gasteiger partial charge in [-0.2, -0.15) is 4.98 Å². The Morgan fingerprint density at radius 3 is 2.95 bits per heavy atom. The van der Waals surface area contributed by atoms with Crippen molar-refractivity contribution in [1.29, 1.82) is 0 Å². The molecule has 0 spiro atoms. The lowest BCUT2D eigenvalue weighted by Crippen LogP contribution is -2.12. The van der Waals surface area contributed by atoms with Gasteiger partial charge in [-0.25, -0.2) is 0 Å². The van der Waals surface area contributed by atoms with Gasteiger partial charge in [-0.3, -0.25) is 0 Å². The van der Waals surface area contributed by atoms with Crippen molar-refractivity contribution in [2.24, 2.45) is 5.92 Å². The van der Waals surface area contributed by atoms with Crippen LogP contribution in [0.2, 0.25) is 0 Å². The van der Waals surface area contributed by atoms with Crippen molar-refractivity contribution in [3.8, 4) is 17.1 Å². The van der Waals surface area contributed by atoms with Crippen molar-refractivity contribution in [3.63, 3.8) is 0 Å². The van der Waals surface area contributed by atoms with Crippen LogP contribution < -0.4 is 4.74 Å². The van der Waals surface area contributed by atoms with Gasteiger partial charge in [0.25, 0.3) is 0 Å². The predicted molar refractivity (Wildman–Crippen MR) is 73.5 cm³/mol. The summed E-state index contributed by atoms with van der Waals surface area (Å²) in [6, 6.07) is 5.83. The molecule has 1 unspecified atom stereocenters. The van der Waals surface area contributed by atoms with Gasteiger partial charge in [-0.05, 0) is 43.4 Å². The van der Waals surface area contributed by atoms with Gasteiger partial charge in [-0.15, -0.1) is 0 Å². The highest BCUT2D eigenvalue weighted by Gasteiger charge is 2.31. The second kappa shape index (κ2) is 5.25. The number of methoxy groups -OCH3 is 1. The van der Waals surface area contributed by atoms with Crippen LogP contribution in [0.5, 0.6) is 5.75 Å². The van der Waals surface area contributed by atoms with Crippen LogP contribution in [-0.2, 0) is 6.42 Å². The molecule has 1 N–H and O–H groups in total. The van der Waals surface area contributed by atoms with E-state index in [1.807, 2.05) is 25.1 Å². The van der Waals surface area contributed by atoms with Crippen molar-refractivity contribution in [3.05, 3.63) is 29.7 Å². The minimum absolute atomic E-state index is 0.372. The molecule has 1 atom stereocenters. The Bertz CT molecular complexity index is 605. The van der Waals surface area contributed by atoms with E-state index in [0.29, 0.717) is 24.1 Å². The number of hydrogen-bond acceptors (Lipinski definition) is 5. The Kier molecular flexibility index (Phi) is 3.44. The van der Waals surface area contributed by atoms with Crippen molar-refractivity contribution in [2.75, 3.05) is 7.11 Å². The molecule has 5 nitrogen and oxygen atoms in total. The van der Waals surface area contributed by atoms with Crippen molar-refractivity contribution in [1.82, 2.24) is 10.1 Å². The van der Waals surface area contributed by atoms with E-state index < -0.39 is 0 Å². The van der Waals surface area contributed by atoms with Gasteiger partial charge in [0, 0.05) is 0 Å². The fourth-order valence-electron chi connectivity index (χ4n) is 2.26. The monoisotopic (exact) mass is 274 g/mol. The van der Waals surface area contributed by atoms with E-state index in [2.05, 4.69) is 10.1 Å². The summed E-state index contributed by atoms with van der Waals surface area (Å²) in [6.45, 7) is 2.00. The van der Waals surface area contributed by atoms with E-state index in [-0.39, 0.29) is 6.10 Å². The molecule has 5 heteroatoms. The van der Waals surface area contributed by atoms with Gasteiger partial charge >= 0.3 is 0 Å². The maximum Gasteiger partial charge on any atom is 0.229 e. The number of aryl methyl sites for hydroxylation is 1. The summed E-state index contributed by atoms with van der Waals surface area (Å²) >= 11 is 0. The Morgan fingerprint density at radius 2 is 2.25 bits per heavy atom. The molecule has 1 aromatic carbocycles. The van der Waals surface area contributed by atoms with Gasteiger partial charge in [0.1, 0.15) is 5.75 Å². The van der Waals surface area contributed by atoms with E-state index in [0.717, 1.165) is 29.7 Å². The first-order chi connectivity index (χ1) is 9.67. The van der Waals surface area contributed by atoms with Crippen molar-refractivity contribution < 1.29 is 14.4 Å². The third-order valence-corrected chi connectivity index (χ3v) is 3.62. The number of rotatable bonds is 5. The Labute approximate surface area is 117 Å².